The molecule has 0 saturated heterocycles. The van der Waals surface area contributed by atoms with Crippen molar-refractivity contribution in [3.8, 4) is 11.5 Å². The van der Waals surface area contributed by atoms with Crippen LogP contribution < -0.4 is 5.43 Å². The Bertz CT molecular complexity index is 634. The zero-order valence-corrected chi connectivity index (χ0v) is 10.3. The molecule has 0 spiro atoms. The van der Waals surface area contributed by atoms with E-state index < -0.39 is 5.43 Å². The van der Waals surface area contributed by atoms with Crippen LogP contribution in [0.4, 0.5) is 0 Å². The number of rotatable bonds is 4. The third kappa shape index (κ3) is 2.77. The fourth-order valence-corrected chi connectivity index (χ4v) is 1.95. The highest BCUT2D eigenvalue weighted by Gasteiger charge is 2.12. The first-order chi connectivity index (χ1) is 9.13. The molecule has 0 aliphatic rings. The average molecular weight is 261 g/mol. The molecule has 0 fully saturated rings. The second kappa shape index (κ2) is 5.58. The van der Waals surface area contributed by atoms with Gasteiger partial charge in [0.15, 0.2) is 5.75 Å². The zero-order valence-electron chi connectivity index (χ0n) is 10.3. The van der Waals surface area contributed by atoms with Gasteiger partial charge in [0.2, 0.25) is 5.43 Å². The minimum Gasteiger partial charge on any atom is -0.508 e. The lowest BCUT2D eigenvalue weighted by atomic mass is 10.1. The molecule has 0 radical (unpaired) electrons. The Morgan fingerprint density at radius 1 is 1.11 bits per heavy atom. The quantitative estimate of drug-likeness (QED) is 0.761. The summed E-state index contributed by atoms with van der Waals surface area (Å²) in [4.78, 5) is 11.5. The summed E-state index contributed by atoms with van der Waals surface area (Å²) in [5, 5.41) is 28.6. The van der Waals surface area contributed by atoms with Crippen LogP contribution in [0.5, 0.6) is 11.5 Å². The van der Waals surface area contributed by atoms with E-state index in [1.54, 1.807) is 28.8 Å². The fourth-order valence-electron chi connectivity index (χ4n) is 1.95. The highest BCUT2D eigenvalue weighted by Crippen LogP contribution is 2.22. The van der Waals surface area contributed by atoms with E-state index in [1.165, 1.54) is 12.3 Å². The minimum absolute atomic E-state index is 0.101. The van der Waals surface area contributed by atoms with Gasteiger partial charge < -0.3 is 19.9 Å². The summed E-state index contributed by atoms with van der Waals surface area (Å²) in [6.45, 7) is 0.173. The molecule has 100 valence electrons. The lowest BCUT2D eigenvalue weighted by molar-refractivity contribution is 0.273. The molecule has 0 aliphatic carbocycles. The number of phenols is 1. The van der Waals surface area contributed by atoms with Crippen molar-refractivity contribution in [2.45, 2.75) is 13.0 Å². The van der Waals surface area contributed by atoms with Crippen molar-refractivity contribution in [1.82, 2.24) is 4.57 Å². The van der Waals surface area contributed by atoms with Gasteiger partial charge in [-0.3, -0.25) is 4.79 Å². The molecular weight excluding hydrogens is 246 g/mol. The first-order valence-corrected chi connectivity index (χ1v) is 5.92. The van der Waals surface area contributed by atoms with E-state index in [0.717, 1.165) is 0 Å². The summed E-state index contributed by atoms with van der Waals surface area (Å²) in [7, 11) is 0. The molecule has 2 aromatic rings. The fraction of sp³-hybridized carbons (Fsp3) is 0.214. The number of aliphatic hydroxyl groups is 1. The van der Waals surface area contributed by atoms with Gasteiger partial charge in [-0.15, -0.1) is 0 Å². The molecule has 2 rings (SSSR count). The molecule has 5 nitrogen and oxygen atoms in total. The predicted octanol–water partition coefficient (Wildman–Crippen LogP) is 0.843. The smallest absolute Gasteiger partial charge is 0.223 e. The van der Waals surface area contributed by atoms with Crippen molar-refractivity contribution in [3.05, 3.63) is 58.0 Å². The second-order valence-corrected chi connectivity index (χ2v) is 4.20. The van der Waals surface area contributed by atoms with Crippen LogP contribution in [0, 0.1) is 0 Å². The highest BCUT2D eigenvalue weighted by atomic mass is 16.3. The SMILES string of the molecule is O=c1ccn(CCO)c(Cc2ccccc2O)c1O. The number of hydrogen-bond acceptors (Lipinski definition) is 4. The van der Waals surface area contributed by atoms with E-state index in [1.807, 2.05) is 0 Å². The topological polar surface area (TPSA) is 82.7 Å². The number of para-hydroxylation sites is 1. The van der Waals surface area contributed by atoms with Crippen LogP contribution in [-0.2, 0) is 13.0 Å². The first kappa shape index (κ1) is 13.2. The van der Waals surface area contributed by atoms with Crippen LogP contribution >= 0.6 is 0 Å². The van der Waals surface area contributed by atoms with Gasteiger partial charge in [-0.05, 0) is 11.6 Å². The maximum Gasteiger partial charge on any atom is 0.223 e. The lowest BCUT2D eigenvalue weighted by Crippen LogP contribution is -2.14. The molecule has 3 N–H and O–H groups in total. The van der Waals surface area contributed by atoms with E-state index in [-0.39, 0.29) is 31.1 Å². The van der Waals surface area contributed by atoms with Crippen molar-refractivity contribution in [2.24, 2.45) is 0 Å². The Labute approximate surface area is 110 Å². The van der Waals surface area contributed by atoms with E-state index in [4.69, 9.17) is 5.11 Å². The molecular formula is C14H15NO4. The number of phenolic OH excluding ortho intramolecular Hbond substituents is 1. The largest absolute Gasteiger partial charge is 0.508 e. The van der Waals surface area contributed by atoms with Gasteiger partial charge in [-0.2, -0.15) is 0 Å². The summed E-state index contributed by atoms with van der Waals surface area (Å²) in [5.74, 6) is -0.243. The molecule has 0 saturated carbocycles. The Morgan fingerprint density at radius 3 is 2.53 bits per heavy atom. The number of nitrogens with zero attached hydrogens (tertiary/aromatic N) is 1. The van der Waals surface area contributed by atoms with Crippen molar-refractivity contribution >= 4 is 0 Å². The van der Waals surface area contributed by atoms with Crippen LogP contribution in [0.1, 0.15) is 11.3 Å². The molecule has 1 heterocycles. The number of hydrogen-bond donors (Lipinski definition) is 3. The van der Waals surface area contributed by atoms with E-state index in [9.17, 15) is 15.0 Å². The number of aromatic hydroxyl groups is 2. The number of pyridine rings is 1. The molecule has 0 amide bonds. The monoisotopic (exact) mass is 261 g/mol. The minimum atomic E-state index is -0.473. The van der Waals surface area contributed by atoms with Gasteiger partial charge in [0.1, 0.15) is 5.75 Å². The summed E-state index contributed by atoms with van der Waals surface area (Å²) < 4.78 is 1.60. The maximum absolute atomic E-state index is 11.5. The summed E-state index contributed by atoms with van der Waals surface area (Å²) in [6, 6.07) is 7.98. The van der Waals surface area contributed by atoms with E-state index >= 15 is 0 Å². The summed E-state index contributed by atoms with van der Waals surface area (Å²) in [6.07, 6.45) is 1.74. The molecule has 0 atom stereocenters. The number of aromatic nitrogens is 1. The van der Waals surface area contributed by atoms with Gasteiger partial charge in [0.05, 0.1) is 12.3 Å². The first-order valence-electron chi connectivity index (χ1n) is 5.92. The number of benzene rings is 1. The van der Waals surface area contributed by atoms with E-state index in [0.29, 0.717) is 11.3 Å². The molecule has 19 heavy (non-hydrogen) atoms. The third-order valence-electron chi connectivity index (χ3n) is 2.95. The second-order valence-electron chi connectivity index (χ2n) is 4.20. The predicted molar refractivity (Wildman–Crippen MR) is 70.4 cm³/mol. The van der Waals surface area contributed by atoms with E-state index in [2.05, 4.69) is 0 Å². The molecule has 5 heteroatoms. The van der Waals surface area contributed by atoms with Crippen molar-refractivity contribution in [1.29, 1.82) is 0 Å². The van der Waals surface area contributed by atoms with Crippen LogP contribution in [0.3, 0.4) is 0 Å². The Balaban J connectivity index is 2.46. The van der Waals surface area contributed by atoms with Crippen molar-refractivity contribution < 1.29 is 15.3 Å². The summed E-state index contributed by atoms with van der Waals surface area (Å²) in [5.41, 5.74) is 0.512. The maximum atomic E-state index is 11.5. The van der Waals surface area contributed by atoms with Crippen molar-refractivity contribution in [3.63, 3.8) is 0 Å². The van der Waals surface area contributed by atoms with Gasteiger partial charge in [0.25, 0.3) is 0 Å². The normalized spacial score (nSPS) is 10.6. The van der Waals surface area contributed by atoms with Gasteiger partial charge in [-0.25, -0.2) is 0 Å². The third-order valence-corrected chi connectivity index (χ3v) is 2.95. The molecule has 1 aromatic heterocycles. The lowest BCUT2D eigenvalue weighted by Gasteiger charge is -2.14. The Hall–Kier alpha value is -2.27. The summed E-state index contributed by atoms with van der Waals surface area (Å²) >= 11 is 0. The van der Waals surface area contributed by atoms with Crippen LogP contribution in [0.2, 0.25) is 0 Å². The van der Waals surface area contributed by atoms with Crippen LogP contribution in [0.15, 0.2) is 41.3 Å². The Kier molecular flexibility index (Phi) is 3.87. The molecule has 0 unspecified atom stereocenters. The van der Waals surface area contributed by atoms with Crippen LogP contribution in [0.25, 0.3) is 0 Å². The number of aliphatic hydroxyl groups excluding tert-OH is 1. The average Bonchev–Trinajstić information content (AvgIpc) is 2.40. The van der Waals surface area contributed by atoms with Crippen LogP contribution in [-0.4, -0.2) is 26.5 Å². The highest BCUT2D eigenvalue weighted by molar-refractivity contribution is 5.38. The Morgan fingerprint density at radius 2 is 1.84 bits per heavy atom. The van der Waals surface area contributed by atoms with Crippen molar-refractivity contribution in [2.75, 3.05) is 6.61 Å². The molecule has 0 aliphatic heterocycles. The zero-order chi connectivity index (χ0) is 13.8. The molecule has 1 aromatic carbocycles. The van der Waals surface area contributed by atoms with Gasteiger partial charge >= 0.3 is 0 Å². The van der Waals surface area contributed by atoms with Gasteiger partial charge in [-0.1, -0.05) is 18.2 Å². The van der Waals surface area contributed by atoms with Gasteiger partial charge in [0, 0.05) is 25.2 Å². The standard InChI is InChI=1S/C14H15NO4/c16-8-7-15-6-5-13(18)14(19)11(15)9-10-3-1-2-4-12(10)17/h1-6,16-17,19H,7-9H2. The molecule has 0 bridgehead atoms.